The highest BCUT2D eigenvalue weighted by atomic mass is 16.4. The van der Waals surface area contributed by atoms with Crippen LogP contribution in [-0.2, 0) is 4.79 Å². The molecule has 224 valence electrons. The molecule has 0 bridgehead atoms. The summed E-state index contributed by atoms with van der Waals surface area (Å²) in [5, 5.41) is 25.3. The van der Waals surface area contributed by atoms with Gasteiger partial charge in [-0.1, -0.05) is 24.3 Å². The number of nitrogen functional groups attached to an aromatic ring is 1. The normalized spacial score (nSPS) is 19.7. The maximum Gasteiger partial charge on any atom is 0.300 e. The minimum Gasteiger partial charge on any atom is -0.481 e. The van der Waals surface area contributed by atoms with Gasteiger partial charge < -0.3 is 21.1 Å². The van der Waals surface area contributed by atoms with Crippen molar-refractivity contribution < 1.29 is 9.90 Å². The summed E-state index contributed by atoms with van der Waals surface area (Å²) in [5.41, 5.74) is 11.0. The molecule has 5 N–H and O–H groups in total. The lowest BCUT2D eigenvalue weighted by Gasteiger charge is -2.41. The molecule has 1 aliphatic carbocycles. The lowest BCUT2D eigenvalue weighted by atomic mass is 9.90. The van der Waals surface area contributed by atoms with Gasteiger partial charge >= 0.3 is 0 Å². The summed E-state index contributed by atoms with van der Waals surface area (Å²) in [6.07, 6.45) is 6.12. The third-order valence-corrected chi connectivity index (χ3v) is 8.48. The van der Waals surface area contributed by atoms with E-state index >= 15 is 0 Å². The quantitative estimate of drug-likeness (QED) is 0.233. The molecule has 43 heavy (non-hydrogen) atoms. The average molecular weight is 583 g/mol. The molecule has 12 heteroatoms. The SMILES string of the molecule is CC(=O)O.CN1CCN(C2CCC(n3nc(-c4ccc(Nc5n[nH]c6ccccc56)cc4)c4c(N)ncnc43)CC2)CC1. The molecule has 0 spiro atoms. The summed E-state index contributed by atoms with van der Waals surface area (Å²) < 4.78 is 2.12. The number of hydrogen-bond donors (Lipinski definition) is 4. The number of piperazine rings is 1. The molecule has 7 rings (SSSR count). The van der Waals surface area contributed by atoms with Crippen molar-refractivity contribution in [2.24, 2.45) is 0 Å². The summed E-state index contributed by atoms with van der Waals surface area (Å²) in [7, 11) is 2.22. The number of carboxylic acid groups (broad SMARTS) is 1. The second-order valence-electron chi connectivity index (χ2n) is 11.4. The summed E-state index contributed by atoms with van der Waals surface area (Å²) in [6.45, 7) is 5.75. The third kappa shape index (κ3) is 6.15. The molecule has 2 aliphatic rings. The number of aliphatic carboxylic acids is 1. The molecule has 1 aliphatic heterocycles. The Balaban J connectivity index is 0.000000777. The number of H-pyrrole nitrogens is 1. The van der Waals surface area contributed by atoms with Crippen LogP contribution in [0.3, 0.4) is 0 Å². The van der Waals surface area contributed by atoms with Crippen LogP contribution in [0.1, 0.15) is 38.6 Å². The van der Waals surface area contributed by atoms with Gasteiger partial charge in [0.05, 0.1) is 16.9 Å². The Morgan fingerprint density at radius 3 is 2.37 bits per heavy atom. The molecular formula is C31H38N10O2. The molecule has 0 atom stereocenters. The standard InChI is InChI=1S/C29H34N10.C2H4O2/c1-37-14-16-38(17-15-37)21-10-12-22(13-11-21)39-29-25(27(30)31-18-32-29)26(36-39)19-6-8-20(9-7-19)33-28-23-4-2-3-5-24(23)34-35-28;1-2(3)4/h2-9,18,21-22H,10-17H2,1H3,(H2,30,31,32)(H2,33,34,35);1H3,(H,3,4). The molecule has 1 saturated heterocycles. The first-order valence-electron chi connectivity index (χ1n) is 14.8. The molecule has 0 radical (unpaired) electrons. The molecule has 12 nitrogen and oxygen atoms in total. The van der Waals surface area contributed by atoms with Crippen LogP contribution < -0.4 is 11.1 Å². The van der Waals surface area contributed by atoms with Crippen molar-refractivity contribution in [2.75, 3.05) is 44.3 Å². The van der Waals surface area contributed by atoms with E-state index in [0.717, 1.165) is 77.6 Å². The third-order valence-electron chi connectivity index (χ3n) is 8.48. The lowest BCUT2D eigenvalue weighted by molar-refractivity contribution is -0.134. The number of carbonyl (C=O) groups is 1. The van der Waals surface area contributed by atoms with Crippen molar-refractivity contribution in [3.8, 4) is 11.3 Å². The number of anilines is 3. The second-order valence-corrected chi connectivity index (χ2v) is 11.4. The first-order valence-corrected chi connectivity index (χ1v) is 14.8. The van der Waals surface area contributed by atoms with Gasteiger partial charge in [-0.25, -0.2) is 14.6 Å². The van der Waals surface area contributed by atoms with Crippen LogP contribution >= 0.6 is 0 Å². The van der Waals surface area contributed by atoms with Crippen LogP contribution in [0.5, 0.6) is 0 Å². The summed E-state index contributed by atoms with van der Waals surface area (Å²) >= 11 is 0. The number of rotatable bonds is 5. The maximum atomic E-state index is 9.00. The van der Waals surface area contributed by atoms with Crippen molar-refractivity contribution in [3.05, 3.63) is 54.9 Å². The van der Waals surface area contributed by atoms with Gasteiger partial charge in [0.15, 0.2) is 11.5 Å². The van der Waals surface area contributed by atoms with Gasteiger partial charge in [-0.05, 0) is 57.0 Å². The number of aromatic amines is 1. The van der Waals surface area contributed by atoms with E-state index in [1.165, 1.54) is 25.9 Å². The number of nitrogens with two attached hydrogens (primary N) is 1. The molecule has 1 saturated carbocycles. The van der Waals surface area contributed by atoms with Crippen molar-refractivity contribution in [1.29, 1.82) is 0 Å². The topological polar surface area (TPSA) is 154 Å². The summed E-state index contributed by atoms with van der Waals surface area (Å²) in [5.74, 6) is 0.440. The van der Waals surface area contributed by atoms with E-state index in [4.69, 9.17) is 20.7 Å². The highest BCUT2D eigenvalue weighted by Gasteiger charge is 2.30. The number of fused-ring (bicyclic) bond motifs is 2. The van der Waals surface area contributed by atoms with Gasteiger partial charge in [0.1, 0.15) is 17.8 Å². The lowest BCUT2D eigenvalue weighted by Crippen LogP contribution is -2.49. The van der Waals surface area contributed by atoms with Crippen molar-refractivity contribution in [3.63, 3.8) is 0 Å². The van der Waals surface area contributed by atoms with Crippen LogP contribution in [0.25, 0.3) is 33.2 Å². The van der Waals surface area contributed by atoms with Gasteiger partial charge in [-0.2, -0.15) is 10.2 Å². The van der Waals surface area contributed by atoms with Crippen LogP contribution in [0.15, 0.2) is 54.9 Å². The van der Waals surface area contributed by atoms with E-state index in [1.807, 2.05) is 30.3 Å². The fraction of sp³-hybridized carbons (Fsp3) is 0.387. The predicted molar refractivity (Wildman–Crippen MR) is 168 cm³/mol. The molecule has 0 amide bonds. The van der Waals surface area contributed by atoms with Crippen LogP contribution in [0.2, 0.25) is 0 Å². The number of nitrogens with zero attached hydrogens (tertiary/aromatic N) is 7. The Morgan fingerprint density at radius 2 is 1.65 bits per heavy atom. The predicted octanol–water partition coefficient (Wildman–Crippen LogP) is 4.52. The average Bonchev–Trinajstić information content (AvgIpc) is 3.61. The first-order chi connectivity index (χ1) is 20.9. The van der Waals surface area contributed by atoms with Crippen LogP contribution in [-0.4, -0.2) is 90.1 Å². The van der Waals surface area contributed by atoms with Gasteiger partial charge in [0.2, 0.25) is 0 Å². The second kappa shape index (κ2) is 12.4. The number of aromatic nitrogens is 6. The Hall–Kier alpha value is -4.55. The fourth-order valence-corrected chi connectivity index (χ4v) is 6.21. The van der Waals surface area contributed by atoms with E-state index in [-0.39, 0.29) is 0 Å². The van der Waals surface area contributed by atoms with Gasteiger partial charge in [-0.15, -0.1) is 0 Å². The zero-order valence-corrected chi connectivity index (χ0v) is 24.6. The monoisotopic (exact) mass is 582 g/mol. The summed E-state index contributed by atoms with van der Waals surface area (Å²) in [4.78, 5) is 23.1. The number of para-hydroxylation sites is 1. The highest BCUT2D eigenvalue weighted by molar-refractivity contribution is 5.98. The Kier molecular flexibility index (Phi) is 8.21. The zero-order chi connectivity index (χ0) is 29.9. The molecule has 3 aromatic heterocycles. The largest absolute Gasteiger partial charge is 0.481 e. The molecule has 0 unspecified atom stereocenters. The number of likely N-dealkylation sites (N-methyl/N-ethyl adjacent to an activating group) is 1. The molecule has 2 fully saturated rings. The van der Waals surface area contributed by atoms with Crippen molar-refractivity contribution in [2.45, 2.75) is 44.7 Å². The van der Waals surface area contributed by atoms with E-state index in [9.17, 15) is 0 Å². The van der Waals surface area contributed by atoms with E-state index in [0.29, 0.717) is 17.9 Å². The van der Waals surface area contributed by atoms with Gasteiger partial charge in [-0.3, -0.25) is 14.8 Å². The van der Waals surface area contributed by atoms with Crippen LogP contribution in [0.4, 0.5) is 17.3 Å². The Morgan fingerprint density at radius 1 is 0.977 bits per heavy atom. The zero-order valence-electron chi connectivity index (χ0n) is 24.6. The summed E-state index contributed by atoms with van der Waals surface area (Å²) in [6, 6.07) is 17.3. The molecule has 2 aromatic carbocycles. The molecule has 4 heterocycles. The minimum atomic E-state index is -0.833. The number of carboxylic acids is 1. The van der Waals surface area contributed by atoms with E-state index in [2.05, 4.69) is 65.2 Å². The first kappa shape index (κ1) is 28.6. The number of nitrogens with one attached hydrogen (secondary N) is 2. The molecular weight excluding hydrogens is 544 g/mol. The Bertz CT molecular complexity index is 1690. The number of hydrogen-bond acceptors (Lipinski definition) is 9. The van der Waals surface area contributed by atoms with Gasteiger partial charge in [0.25, 0.3) is 5.97 Å². The number of benzene rings is 2. The van der Waals surface area contributed by atoms with E-state index < -0.39 is 5.97 Å². The van der Waals surface area contributed by atoms with Crippen molar-refractivity contribution >= 4 is 45.2 Å². The molecule has 5 aromatic rings. The smallest absolute Gasteiger partial charge is 0.300 e. The van der Waals surface area contributed by atoms with E-state index in [1.54, 1.807) is 6.33 Å². The highest BCUT2D eigenvalue weighted by Crippen LogP contribution is 2.37. The maximum absolute atomic E-state index is 9.00. The van der Waals surface area contributed by atoms with Crippen LogP contribution in [0, 0.1) is 0 Å². The van der Waals surface area contributed by atoms with Crippen molar-refractivity contribution in [1.82, 2.24) is 39.7 Å². The fourth-order valence-electron chi connectivity index (χ4n) is 6.21. The van der Waals surface area contributed by atoms with Gasteiger partial charge in [0, 0.05) is 55.8 Å². The Labute approximate surface area is 249 Å². The minimum absolute atomic E-state index is 0.313.